The van der Waals surface area contributed by atoms with Gasteiger partial charge in [0.1, 0.15) is 0 Å². The van der Waals surface area contributed by atoms with Gasteiger partial charge in [-0.2, -0.15) is 0 Å². The lowest BCUT2D eigenvalue weighted by Crippen LogP contribution is -2.11. The van der Waals surface area contributed by atoms with Gasteiger partial charge in [0.2, 0.25) is 5.95 Å². The van der Waals surface area contributed by atoms with Crippen molar-refractivity contribution >= 4 is 30.7 Å². The number of rotatable bonds is 3. The summed E-state index contributed by atoms with van der Waals surface area (Å²) in [6.45, 7) is 0. The molecule has 6 nitrogen and oxygen atoms in total. The number of aliphatic imine (C=N–C) groups is 1. The standard InChI is InChI=1S/C11H14N4O2.ClH/c16-11(17)15-10-12-6-5-9(14-10)7-13-8-3-1-2-4-8;/h5-8H,1-4H2,(H,16,17)(H,12,14,15);1H/b13-7+;. The van der Waals surface area contributed by atoms with Crippen molar-refractivity contribution in [3.63, 3.8) is 0 Å². The lowest BCUT2D eigenvalue weighted by molar-refractivity contribution is 0.209. The van der Waals surface area contributed by atoms with Crippen LogP contribution < -0.4 is 5.32 Å². The third-order valence-electron chi connectivity index (χ3n) is 2.64. The van der Waals surface area contributed by atoms with Crippen LogP contribution in [0.1, 0.15) is 31.4 Å². The molecule has 1 aliphatic carbocycles. The molecule has 0 bridgehead atoms. The van der Waals surface area contributed by atoms with E-state index in [1.54, 1.807) is 12.3 Å². The predicted octanol–water partition coefficient (Wildman–Crippen LogP) is 2.35. The van der Waals surface area contributed by atoms with E-state index in [4.69, 9.17) is 5.11 Å². The molecule has 1 amide bonds. The molecule has 1 aromatic heterocycles. The van der Waals surface area contributed by atoms with Gasteiger partial charge in [0.05, 0.1) is 11.7 Å². The normalized spacial score (nSPS) is 15.6. The summed E-state index contributed by atoms with van der Waals surface area (Å²) < 4.78 is 0. The van der Waals surface area contributed by atoms with Crippen molar-refractivity contribution in [2.24, 2.45) is 4.99 Å². The van der Waals surface area contributed by atoms with E-state index in [-0.39, 0.29) is 18.4 Å². The van der Waals surface area contributed by atoms with Crippen LogP contribution in [0.15, 0.2) is 17.3 Å². The van der Waals surface area contributed by atoms with Gasteiger partial charge in [-0.3, -0.25) is 10.3 Å². The van der Waals surface area contributed by atoms with Crippen LogP contribution in [0.3, 0.4) is 0 Å². The Morgan fingerprint density at radius 2 is 2.22 bits per heavy atom. The van der Waals surface area contributed by atoms with Crippen molar-refractivity contribution in [2.45, 2.75) is 31.7 Å². The van der Waals surface area contributed by atoms with Crippen LogP contribution in [-0.4, -0.2) is 33.4 Å². The molecule has 0 unspecified atom stereocenters. The zero-order chi connectivity index (χ0) is 12.1. The summed E-state index contributed by atoms with van der Waals surface area (Å²) in [5, 5.41) is 10.6. The van der Waals surface area contributed by atoms with Crippen LogP contribution in [-0.2, 0) is 0 Å². The molecular weight excluding hydrogens is 256 g/mol. The van der Waals surface area contributed by atoms with Gasteiger partial charge in [-0.1, -0.05) is 12.8 Å². The molecule has 2 rings (SSSR count). The van der Waals surface area contributed by atoms with E-state index in [9.17, 15) is 4.79 Å². The van der Waals surface area contributed by atoms with E-state index in [0.29, 0.717) is 11.7 Å². The van der Waals surface area contributed by atoms with Crippen LogP contribution >= 0.6 is 12.4 Å². The van der Waals surface area contributed by atoms with E-state index in [0.717, 1.165) is 12.8 Å². The molecular formula is C11H15ClN4O2. The van der Waals surface area contributed by atoms with Crippen molar-refractivity contribution in [3.05, 3.63) is 18.0 Å². The Morgan fingerprint density at radius 3 is 2.89 bits per heavy atom. The van der Waals surface area contributed by atoms with Crippen molar-refractivity contribution in [1.82, 2.24) is 9.97 Å². The first-order valence-electron chi connectivity index (χ1n) is 5.60. The van der Waals surface area contributed by atoms with Gasteiger partial charge in [0.15, 0.2) is 0 Å². The van der Waals surface area contributed by atoms with Gasteiger partial charge in [0.25, 0.3) is 0 Å². The molecule has 18 heavy (non-hydrogen) atoms. The maximum absolute atomic E-state index is 10.4. The van der Waals surface area contributed by atoms with Crippen LogP contribution in [0.25, 0.3) is 0 Å². The fourth-order valence-corrected chi connectivity index (χ4v) is 1.84. The summed E-state index contributed by atoms with van der Waals surface area (Å²) in [7, 11) is 0. The number of anilines is 1. The average Bonchev–Trinajstić information content (AvgIpc) is 2.79. The number of amides is 1. The summed E-state index contributed by atoms with van der Waals surface area (Å²) in [5.41, 5.74) is 0.621. The van der Waals surface area contributed by atoms with Crippen molar-refractivity contribution in [1.29, 1.82) is 0 Å². The summed E-state index contributed by atoms with van der Waals surface area (Å²) >= 11 is 0. The van der Waals surface area contributed by atoms with Gasteiger partial charge in [-0.25, -0.2) is 14.8 Å². The summed E-state index contributed by atoms with van der Waals surface area (Å²) in [5.74, 6) is 0.0767. The second-order valence-electron chi connectivity index (χ2n) is 3.95. The molecule has 1 saturated carbocycles. The van der Waals surface area contributed by atoms with E-state index < -0.39 is 6.09 Å². The summed E-state index contributed by atoms with van der Waals surface area (Å²) in [4.78, 5) is 22.7. The Hall–Kier alpha value is -1.69. The highest BCUT2D eigenvalue weighted by molar-refractivity contribution is 5.85. The first kappa shape index (κ1) is 14.4. The monoisotopic (exact) mass is 270 g/mol. The maximum atomic E-state index is 10.4. The highest BCUT2D eigenvalue weighted by Gasteiger charge is 2.12. The molecule has 0 atom stereocenters. The number of carboxylic acid groups (broad SMARTS) is 1. The molecule has 0 radical (unpaired) electrons. The minimum absolute atomic E-state index is 0. The highest BCUT2D eigenvalue weighted by Crippen LogP contribution is 2.20. The van der Waals surface area contributed by atoms with E-state index in [1.165, 1.54) is 19.0 Å². The quantitative estimate of drug-likeness (QED) is 0.825. The van der Waals surface area contributed by atoms with Gasteiger partial charge >= 0.3 is 6.09 Å². The number of aromatic nitrogens is 2. The molecule has 7 heteroatoms. The van der Waals surface area contributed by atoms with Crippen molar-refractivity contribution in [3.8, 4) is 0 Å². The molecule has 0 saturated heterocycles. The van der Waals surface area contributed by atoms with Gasteiger partial charge in [0, 0.05) is 12.4 Å². The fraction of sp³-hybridized carbons (Fsp3) is 0.455. The molecule has 2 N–H and O–H groups in total. The Kier molecular flexibility index (Phi) is 5.51. The van der Waals surface area contributed by atoms with Gasteiger partial charge in [-0.05, 0) is 18.9 Å². The van der Waals surface area contributed by atoms with Crippen LogP contribution in [0, 0.1) is 0 Å². The third-order valence-corrected chi connectivity index (χ3v) is 2.64. The van der Waals surface area contributed by atoms with E-state index in [2.05, 4.69) is 20.3 Å². The number of nitrogens with zero attached hydrogens (tertiary/aromatic N) is 3. The predicted molar refractivity (Wildman–Crippen MR) is 70.8 cm³/mol. The number of nitrogens with one attached hydrogen (secondary N) is 1. The summed E-state index contributed by atoms with van der Waals surface area (Å²) in [6, 6.07) is 2.09. The molecule has 1 aromatic rings. The lowest BCUT2D eigenvalue weighted by Gasteiger charge is -2.01. The fourth-order valence-electron chi connectivity index (χ4n) is 1.84. The minimum Gasteiger partial charge on any atom is -0.465 e. The smallest absolute Gasteiger partial charge is 0.411 e. The molecule has 1 aliphatic rings. The maximum Gasteiger partial charge on any atom is 0.411 e. The van der Waals surface area contributed by atoms with E-state index in [1.807, 2.05) is 0 Å². The van der Waals surface area contributed by atoms with Crippen LogP contribution in [0.2, 0.25) is 0 Å². The largest absolute Gasteiger partial charge is 0.465 e. The number of hydrogen-bond donors (Lipinski definition) is 2. The zero-order valence-corrected chi connectivity index (χ0v) is 10.6. The Labute approximate surface area is 111 Å². The molecule has 0 spiro atoms. The number of hydrogen-bond acceptors (Lipinski definition) is 4. The molecule has 0 aromatic carbocycles. The van der Waals surface area contributed by atoms with Crippen LogP contribution in [0.5, 0.6) is 0 Å². The minimum atomic E-state index is -1.17. The van der Waals surface area contributed by atoms with Crippen LogP contribution in [0.4, 0.5) is 10.7 Å². The average molecular weight is 271 g/mol. The highest BCUT2D eigenvalue weighted by atomic mass is 35.5. The first-order chi connectivity index (χ1) is 8.24. The Morgan fingerprint density at radius 1 is 1.50 bits per heavy atom. The van der Waals surface area contributed by atoms with Gasteiger partial charge in [-0.15, -0.1) is 12.4 Å². The molecule has 1 fully saturated rings. The van der Waals surface area contributed by atoms with Crippen molar-refractivity contribution < 1.29 is 9.90 Å². The topological polar surface area (TPSA) is 87.5 Å². The van der Waals surface area contributed by atoms with E-state index >= 15 is 0 Å². The van der Waals surface area contributed by atoms with Crippen molar-refractivity contribution in [2.75, 3.05) is 5.32 Å². The molecule has 98 valence electrons. The SMILES string of the molecule is Cl.O=C(O)Nc1nccc(/C=N/C2CCCC2)n1. The summed E-state index contributed by atoms with van der Waals surface area (Å²) in [6.07, 6.45) is 6.74. The van der Waals surface area contributed by atoms with Gasteiger partial charge < -0.3 is 5.11 Å². The molecule has 1 heterocycles. The third kappa shape index (κ3) is 4.29. The zero-order valence-electron chi connectivity index (χ0n) is 9.74. The number of carbonyl (C=O) groups is 1. The molecule has 0 aliphatic heterocycles. The lowest BCUT2D eigenvalue weighted by atomic mass is 10.3. The number of halogens is 1. The second kappa shape index (κ2) is 6.90. The Balaban J connectivity index is 0.00000162. The second-order valence-corrected chi connectivity index (χ2v) is 3.95. The first-order valence-corrected chi connectivity index (χ1v) is 5.60. The Bertz CT molecular complexity index is 433.